The van der Waals surface area contributed by atoms with Gasteiger partial charge in [-0.1, -0.05) is 0 Å². The Kier molecular flexibility index (Phi) is 1.44. The minimum atomic E-state index is -0.653. The number of methoxy groups -OCH3 is 1. The third-order valence-corrected chi connectivity index (χ3v) is 0.357. The fraction of sp³-hybridized carbons (Fsp3) is 0.667. The lowest BCUT2D eigenvalue weighted by Gasteiger charge is -1.90. The van der Waals surface area contributed by atoms with Crippen LogP contribution in [0, 0.1) is 0 Å². The summed E-state index contributed by atoms with van der Waals surface area (Å²) >= 11 is 0. The van der Waals surface area contributed by atoms with Crippen molar-refractivity contribution in [2.75, 3.05) is 14.2 Å². The minimum absolute atomic E-state index is 0.611. The van der Waals surface area contributed by atoms with Crippen molar-refractivity contribution in [3.63, 3.8) is 0 Å². The normalized spacial score (nSPS) is 9.33. The van der Waals surface area contributed by atoms with E-state index in [1.807, 2.05) is 0 Å². The molecule has 0 aromatic carbocycles. The third kappa shape index (κ3) is 1.58. The molecule has 6 heavy (non-hydrogen) atoms. The maximum Gasteiger partial charge on any atom is 0.406 e. The third-order valence-electron chi connectivity index (χ3n) is 0.357. The number of amides is 1. The summed E-state index contributed by atoms with van der Waals surface area (Å²) in [4.78, 5) is 10.0. The van der Waals surface area contributed by atoms with Gasteiger partial charge >= 0.3 is 6.09 Å². The van der Waals surface area contributed by atoms with Crippen LogP contribution < -0.4 is 5.31 Å². The standard InChI is InChI=1S/C3H7NO2/c1-4-3(5)6-2/h1-2H3,(H,4,5)/i/hT. The van der Waals surface area contributed by atoms with Crippen molar-refractivity contribution in [2.45, 2.75) is 0 Å². The van der Waals surface area contributed by atoms with Crippen LogP contribution >= 0.6 is 0 Å². The van der Waals surface area contributed by atoms with Crippen molar-refractivity contribution in [2.24, 2.45) is 0 Å². The minimum Gasteiger partial charge on any atom is -0.453 e. The first kappa shape index (κ1) is 3.46. The molecule has 0 unspecified atom stereocenters. The molecule has 3 heteroatoms. The fourth-order valence-corrected chi connectivity index (χ4v) is 0.0913. The van der Waals surface area contributed by atoms with Crippen molar-refractivity contribution < 1.29 is 10.9 Å². The van der Waals surface area contributed by atoms with Crippen LogP contribution in [0.3, 0.4) is 0 Å². The molecule has 0 saturated heterocycles. The lowest BCUT2D eigenvalue weighted by molar-refractivity contribution is 0.173. The summed E-state index contributed by atoms with van der Waals surface area (Å²) in [6.07, 6.45) is -0.653. The molecular formula is C3H7NO2. The molecule has 0 aliphatic rings. The zero-order valence-electron chi connectivity index (χ0n) is 4.76. The van der Waals surface area contributed by atoms with E-state index in [0.29, 0.717) is 5.31 Å². The summed E-state index contributed by atoms with van der Waals surface area (Å²) in [6, 6.07) is 0. The quantitative estimate of drug-likeness (QED) is 0.454. The molecule has 1 N–H and O–H groups in total. The first-order valence-corrected chi connectivity index (χ1v) is 1.49. The topological polar surface area (TPSA) is 38.3 Å². The van der Waals surface area contributed by atoms with Gasteiger partial charge in [0.25, 0.3) is 0 Å². The molecular weight excluding hydrogens is 82.0 g/mol. The maximum atomic E-state index is 10.0. The first-order valence-electron chi connectivity index (χ1n) is 1.93. The Morgan fingerprint density at radius 2 is 2.67 bits per heavy atom. The number of rotatable bonds is 0. The summed E-state index contributed by atoms with van der Waals surface area (Å²) in [7, 11) is 2.53. The van der Waals surface area contributed by atoms with E-state index in [4.69, 9.17) is 1.41 Å². The molecule has 0 aromatic heterocycles. The Balaban J connectivity index is 3.35. The summed E-state index contributed by atoms with van der Waals surface area (Å²) in [5, 5.41) is 0.611. The van der Waals surface area contributed by atoms with Crippen LogP contribution in [0.15, 0.2) is 0 Å². The highest BCUT2D eigenvalue weighted by Crippen LogP contribution is 1.62. The van der Waals surface area contributed by atoms with Gasteiger partial charge in [0.1, 0.15) is 0 Å². The number of hydrogen-bond acceptors (Lipinski definition) is 2. The van der Waals surface area contributed by atoms with E-state index in [2.05, 4.69) is 4.74 Å². The first-order chi connectivity index (χ1) is 3.18. The molecule has 0 rings (SSSR count). The van der Waals surface area contributed by atoms with Crippen molar-refractivity contribution >= 4 is 6.09 Å². The zero-order valence-corrected chi connectivity index (χ0v) is 3.76. The van der Waals surface area contributed by atoms with Gasteiger partial charge in [-0.25, -0.2) is 4.79 Å². The largest absolute Gasteiger partial charge is 0.453 e. The number of hydrogen-bond donors (Lipinski definition) is 1. The summed E-state index contributed by atoms with van der Waals surface area (Å²) in [5.74, 6) is 0. The summed E-state index contributed by atoms with van der Waals surface area (Å²) in [5.41, 5.74) is 0. The second-order valence-electron chi connectivity index (χ2n) is 0.694. The van der Waals surface area contributed by atoms with Crippen molar-refractivity contribution in [3.05, 3.63) is 0 Å². The fourth-order valence-electron chi connectivity index (χ4n) is 0.0913. The lowest BCUT2D eigenvalue weighted by atomic mass is 11.1. The van der Waals surface area contributed by atoms with E-state index in [1.54, 1.807) is 0 Å². The Labute approximate surface area is 37.8 Å². The van der Waals surface area contributed by atoms with Gasteiger partial charge in [-0.3, -0.25) is 0 Å². The van der Waals surface area contributed by atoms with E-state index >= 15 is 0 Å². The average Bonchev–Trinajstić information content (AvgIpc) is 1.65. The van der Waals surface area contributed by atoms with Crippen LogP contribution in [-0.4, -0.2) is 20.3 Å². The molecule has 0 bridgehead atoms. The van der Waals surface area contributed by atoms with Crippen LogP contribution in [0.25, 0.3) is 0 Å². The molecule has 1 amide bonds. The number of alkyl carbamates (subject to hydrolysis) is 1. The predicted molar refractivity (Wildman–Crippen MR) is 21.5 cm³/mol. The molecule has 0 aromatic rings. The molecule has 0 aliphatic heterocycles. The number of carbonyl (C=O) groups is 1. The number of nitrogens with one attached hydrogen (secondary N) is 1. The highest BCUT2D eigenvalue weighted by atomic mass is 16.5. The summed E-state index contributed by atoms with van der Waals surface area (Å²) < 4.78 is 10.7. The molecule has 0 spiro atoms. The van der Waals surface area contributed by atoms with E-state index in [1.165, 1.54) is 14.2 Å². The smallest absolute Gasteiger partial charge is 0.406 e. The monoisotopic (exact) mass is 91.1 g/mol. The van der Waals surface area contributed by atoms with Crippen LogP contribution in [0.1, 0.15) is 0 Å². The van der Waals surface area contributed by atoms with Gasteiger partial charge in [0.15, 0.2) is 1.41 Å². The maximum absolute atomic E-state index is 10.0. The Hall–Kier alpha value is -0.730. The predicted octanol–water partition coefficient (Wildman–Crippen LogP) is -0.0278. The van der Waals surface area contributed by atoms with E-state index < -0.39 is 6.09 Å². The Bertz CT molecular complexity index is 73.3. The van der Waals surface area contributed by atoms with E-state index in [-0.39, 0.29) is 0 Å². The SMILES string of the molecule is [3H]N(C)C(=O)OC. The number of ether oxygens (including phenoxy) is 1. The van der Waals surface area contributed by atoms with Crippen LogP contribution in [0.4, 0.5) is 4.79 Å². The van der Waals surface area contributed by atoms with Gasteiger partial charge in [-0.15, -0.1) is 0 Å². The lowest BCUT2D eigenvalue weighted by Crippen LogP contribution is -2.16. The molecule has 0 aliphatic carbocycles. The van der Waals surface area contributed by atoms with Crippen molar-refractivity contribution in [1.29, 1.82) is 0 Å². The van der Waals surface area contributed by atoms with Crippen LogP contribution in [0.5, 0.6) is 0 Å². The Morgan fingerprint density at radius 3 is 2.67 bits per heavy atom. The summed E-state index contributed by atoms with van der Waals surface area (Å²) in [6.45, 7) is 0. The number of carbonyl (C=O) groups excluding carboxylic acids is 1. The molecule has 0 fully saturated rings. The van der Waals surface area contributed by atoms with E-state index in [9.17, 15) is 4.79 Å². The van der Waals surface area contributed by atoms with Gasteiger partial charge < -0.3 is 10.0 Å². The average molecular weight is 91.1 g/mol. The van der Waals surface area contributed by atoms with Gasteiger partial charge in [0, 0.05) is 7.05 Å². The van der Waals surface area contributed by atoms with Crippen LogP contribution in [0.2, 0.25) is 1.41 Å². The molecule has 0 radical (unpaired) electrons. The molecule has 0 saturated carbocycles. The molecule has 3 nitrogen and oxygen atoms in total. The Morgan fingerprint density at radius 1 is 2.17 bits per heavy atom. The highest BCUT2D eigenvalue weighted by Gasteiger charge is 1.85. The molecule has 0 heterocycles. The van der Waals surface area contributed by atoms with Gasteiger partial charge in [-0.05, 0) is 0 Å². The second kappa shape index (κ2) is 2.50. The van der Waals surface area contributed by atoms with Crippen molar-refractivity contribution in [3.8, 4) is 0 Å². The zero-order chi connectivity index (χ0) is 5.86. The molecule has 36 valence electrons. The van der Waals surface area contributed by atoms with Gasteiger partial charge in [-0.2, -0.15) is 0 Å². The van der Waals surface area contributed by atoms with Crippen molar-refractivity contribution in [1.82, 2.24) is 5.31 Å². The second-order valence-corrected chi connectivity index (χ2v) is 0.694. The molecule has 0 atom stereocenters. The van der Waals surface area contributed by atoms with E-state index in [0.717, 1.165) is 0 Å². The highest BCUT2D eigenvalue weighted by molar-refractivity contribution is 5.66. The van der Waals surface area contributed by atoms with Gasteiger partial charge in [0.05, 0.1) is 7.11 Å². The van der Waals surface area contributed by atoms with Crippen LogP contribution in [-0.2, 0) is 4.74 Å². The van der Waals surface area contributed by atoms with Gasteiger partial charge in [0.2, 0.25) is 0 Å².